The summed E-state index contributed by atoms with van der Waals surface area (Å²) in [6, 6.07) is 3.01. The van der Waals surface area contributed by atoms with E-state index < -0.39 is 12.0 Å². The molecule has 0 spiro atoms. The van der Waals surface area contributed by atoms with Crippen molar-refractivity contribution in [1.29, 1.82) is 0 Å². The van der Waals surface area contributed by atoms with Crippen LogP contribution in [-0.2, 0) is 9.59 Å². The second-order valence-electron chi connectivity index (χ2n) is 4.27. The van der Waals surface area contributed by atoms with E-state index >= 15 is 0 Å². The van der Waals surface area contributed by atoms with Crippen LogP contribution in [0.1, 0.15) is 23.6 Å². The van der Waals surface area contributed by atoms with Crippen molar-refractivity contribution in [2.75, 3.05) is 4.90 Å². The Hall–Kier alpha value is -1.84. The summed E-state index contributed by atoms with van der Waals surface area (Å²) >= 11 is 0. The summed E-state index contributed by atoms with van der Waals surface area (Å²) in [5.41, 5.74) is 3.59. The zero-order valence-corrected chi connectivity index (χ0v) is 10.5. The standard InChI is InChI=1S/C13H17NO3/c1-8-5-9(2)12(10(3)6-8)14(7-15)11(4)13(16)17/h5-7,11H,1-4H3,(H,16,17). The number of hydrogen-bond donors (Lipinski definition) is 1. The van der Waals surface area contributed by atoms with Gasteiger partial charge in [0.25, 0.3) is 0 Å². The van der Waals surface area contributed by atoms with Gasteiger partial charge in [-0.05, 0) is 38.8 Å². The number of aliphatic carboxylic acids is 1. The molecule has 0 aliphatic carbocycles. The van der Waals surface area contributed by atoms with E-state index in [1.54, 1.807) is 0 Å². The Labute approximate surface area is 101 Å². The van der Waals surface area contributed by atoms with Gasteiger partial charge in [0.2, 0.25) is 6.41 Å². The van der Waals surface area contributed by atoms with Gasteiger partial charge in [-0.15, -0.1) is 0 Å². The Morgan fingerprint density at radius 1 is 1.29 bits per heavy atom. The van der Waals surface area contributed by atoms with Crippen LogP contribution in [0, 0.1) is 20.8 Å². The largest absolute Gasteiger partial charge is 0.480 e. The number of rotatable bonds is 4. The van der Waals surface area contributed by atoms with Crippen molar-refractivity contribution in [3.8, 4) is 0 Å². The van der Waals surface area contributed by atoms with Gasteiger partial charge in [0.15, 0.2) is 0 Å². The molecular formula is C13H17NO3. The van der Waals surface area contributed by atoms with E-state index in [0.29, 0.717) is 12.1 Å². The van der Waals surface area contributed by atoms with Gasteiger partial charge >= 0.3 is 5.97 Å². The van der Waals surface area contributed by atoms with Crippen LogP contribution in [-0.4, -0.2) is 23.5 Å². The summed E-state index contributed by atoms with van der Waals surface area (Å²) in [6.45, 7) is 7.21. The molecular weight excluding hydrogens is 218 g/mol. The van der Waals surface area contributed by atoms with E-state index in [9.17, 15) is 9.59 Å². The number of benzene rings is 1. The minimum atomic E-state index is -1.02. The van der Waals surface area contributed by atoms with E-state index in [1.807, 2.05) is 32.9 Å². The van der Waals surface area contributed by atoms with Crippen molar-refractivity contribution < 1.29 is 14.7 Å². The average molecular weight is 235 g/mol. The van der Waals surface area contributed by atoms with Gasteiger partial charge in [-0.25, -0.2) is 4.79 Å². The molecule has 4 heteroatoms. The van der Waals surface area contributed by atoms with Crippen molar-refractivity contribution in [3.63, 3.8) is 0 Å². The zero-order valence-electron chi connectivity index (χ0n) is 10.5. The number of amides is 1. The number of carboxylic acid groups (broad SMARTS) is 1. The molecule has 1 aromatic carbocycles. The first-order chi connectivity index (χ1) is 7.88. The maximum atomic E-state index is 11.1. The molecule has 1 amide bonds. The molecule has 0 aromatic heterocycles. The van der Waals surface area contributed by atoms with Gasteiger partial charge in [-0.2, -0.15) is 0 Å². The fourth-order valence-corrected chi connectivity index (χ4v) is 2.04. The maximum absolute atomic E-state index is 11.1. The summed E-state index contributed by atoms with van der Waals surface area (Å²) in [4.78, 5) is 23.3. The SMILES string of the molecule is Cc1cc(C)c(N(C=O)C(C)C(=O)O)c(C)c1. The number of anilines is 1. The highest BCUT2D eigenvalue weighted by atomic mass is 16.4. The van der Waals surface area contributed by atoms with Crippen LogP contribution in [0.15, 0.2) is 12.1 Å². The third kappa shape index (κ3) is 2.64. The number of carboxylic acids is 1. The quantitative estimate of drug-likeness (QED) is 0.812. The molecule has 0 aliphatic rings. The summed E-state index contributed by atoms with van der Waals surface area (Å²) in [7, 11) is 0. The van der Waals surface area contributed by atoms with E-state index in [-0.39, 0.29) is 0 Å². The van der Waals surface area contributed by atoms with E-state index in [0.717, 1.165) is 16.7 Å². The van der Waals surface area contributed by atoms with Crippen LogP contribution in [0.3, 0.4) is 0 Å². The van der Waals surface area contributed by atoms with Crippen molar-refractivity contribution in [1.82, 2.24) is 0 Å². The normalized spacial score (nSPS) is 12.0. The summed E-state index contributed by atoms with van der Waals surface area (Å²) in [5, 5.41) is 8.98. The first kappa shape index (κ1) is 13.2. The average Bonchev–Trinajstić information content (AvgIpc) is 2.21. The van der Waals surface area contributed by atoms with E-state index in [4.69, 9.17) is 5.11 Å². The lowest BCUT2D eigenvalue weighted by atomic mass is 10.0. The highest BCUT2D eigenvalue weighted by Gasteiger charge is 2.23. The van der Waals surface area contributed by atoms with Crippen LogP contribution >= 0.6 is 0 Å². The monoisotopic (exact) mass is 235 g/mol. The Balaban J connectivity index is 3.30. The van der Waals surface area contributed by atoms with Gasteiger partial charge in [-0.1, -0.05) is 17.7 Å². The molecule has 0 aliphatic heterocycles. The van der Waals surface area contributed by atoms with Crippen LogP contribution in [0.4, 0.5) is 5.69 Å². The predicted molar refractivity (Wildman–Crippen MR) is 66.3 cm³/mol. The number of hydrogen-bond acceptors (Lipinski definition) is 2. The fourth-order valence-electron chi connectivity index (χ4n) is 2.04. The third-order valence-corrected chi connectivity index (χ3v) is 2.78. The second-order valence-corrected chi connectivity index (χ2v) is 4.27. The predicted octanol–water partition coefficient (Wildman–Crippen LogP) is 2.05. The molecule has 17 heavy (non-hydrogen) atoms. The minimum absolute atomic E-state index is 0.573. The Morgan fingerprint density at radius 2 is 1.76 bits per heavy atom. The molecule has 1 rings (SSSR count). The molecule has 92 valence electrons. The molecule has 0 bridgehead atoms. The number of nitrogens with zero attached hydrogens (tertiary/aromatic N) is 1. The second kappa shape index (κ2) is 4.99. The lowest BCUT2D eigenvalue weighted by molar-refractivity contribution is -0.138. The Kier molecular flexibility index (Phi) is 3.89. The molecule has 0 radical (unpaired) electrons. The Morgan fingerprint density at radius 3 is 2.12 bits per heavy atom. The van der Waals surface area contributed by atoms with Crippen LogP contribution in [0.5, 0.6) is 0 Å². The molecule has 1 atom stereocenters. The molecule has 0 saturated carbocycles. The summed E-state index contributed by atoms with van der Waals surface area (Å²) < 4.78 is 0. The summed E-state index contributed by atoms with van der Waals surface area (Å²) in [6.07, 6.45) is 0.573. The third-order valence-electron chi connectivity index (χ3n) is 2.78. The van der Waals surface area contributed by atoms with Crippen molar-refractivity contribution in [2.24, 2.45) is 0 Å². The maximum Gasteiger partial charge on any atom is 0.326 e. The topological polar surface area (TPSA) is 57.6 Å². The molecule has 0 saturated heterocycles. The van der Waals surface area contributed by atoms with E-state index in [1.165, 1.54) is 11.8 Å². The minimum Gasteiger partial charge on any atom is -0.480 e. The lowest BCUT2D eigenvalue weighted by Gasteiger charge is -2.25. The molecule has 4 nitrogen and oxygen atoms in total. The van der Waals surface area contributed by atoms with Crippen molar-refractivity contribution in [3.05, 3.63) is 28.8 Å². The van der Waals surface area contributed by atoms with Gasteiger partial charge in [0.1, 0.15) is 6.04 Å². The van der Waals surface area contributed by atoms with Gasteiger partial charge in [-0.3, -0.25) is 4.79 Å². The Bertz CT molecular complexity index is 431. The number of carbonyl (C=O) groups is 2. The smallest absolute Gasteiger partial charge is 0.326 e. The van der Waals surface area contributed by atoms with Crippen molar-refractivity contribution in [2.45, 2.75) is 33.7 Å². The lowest BCUT2D eigenvalue weighted by Crippen LogP contribution is -2.38. The van der Waals surface area contributed by atoms with Gasteiger partial charge in [0, 0.05) is 0 Å². The highest BCUT2D eigenvalue weighted by molar-refractivity contribution is 5.89. The van der Waals surface area contributed by atoms with Crippen LogP contribution < -0.4 is 4.90 Å². The molecule has 0 heterocycles. The molecule has 1 aromatic rings. The number of carbonyl (C=O) groups excluding carboxylic acids is 1. The molecule has 1 unspecified atom stereocenters. The number of aryl methyl sites for hydroxylation is 3. The first-order valence-corrected chi connectivity index (χ1v) is 5.42. The van der Waals surface area contributed by atoms with Gasteiger partial charge in [0.05, 0.1) is 5.69 Å². The van der Waals surface area contributed by atoms with Gasteiger partial charge < -0.3 is 10.0 Å². The van der Waals surface area contributed by atoms with Crippen LogP contribution in [0.2, 0.25) is 0 Å². The zero-order chi connectivity index (χ0) is 13.2. The highest BCUT2D eigenvalue weighted by Crippen LogP contribution is 2.26. The van der Waals surface area contributed by atoms with Crippen LogP contribution in [0.25, 0.3) is 0 Å². The summed E-state index contributed by atoms with van der Waals surface area (Å²) in [5.74, 6) is -1.02. The molecule has 1 N–H and O–H groups in total. The van der Waals surface area contributed by atoms with E-state index in [2.05, 4.69) is 0 Å². The first-order valence-electron chi connectivity index (χ1n) is 5.42. The fraction of sp³-hybridized carbons (Fsp3) is 0.385. The molecule has 0 fully saturated rings. The van der Waals surface area contributed by atoms with Crippen molar-refractivity contribution >= 4 is 18.1 Å².